The number of aromatic nitrogens is 3. The summed E-state index contributed by atoms with van der Waals surface area (Å²) in [7, 11) is 0. The number of hydrogen-bond donors (Lipinski definition) is 1. The first kappa shape index (κ1) is 20.2. The molecule has 2 heterocycles. The molecule has 0 aliphatic carbocycles. The van der Waals surface area contributed by atoms with Crippen LogP contribution in [0.4, 0.5) is 5.69 Å². The molecule has 8 heteroatoms. The summed E-state index contributed by atoms with van der Waals surface area (Å²) in [6.45, 7) is 10.1. The largest absolute Gasteiger partial charge is 0.469 e. The van der Waals surface area contributed by atoms with Crippen molar-refractivity contribution in [1.29, 1.82) is 0 Å². The summed E-state index contributed by atoms with van der Waals surface area (Å²) in [6.07, 6.45) is 3.38. The number of amides is 1. The molecule has 0 saturated carbocycles. The van der Waals surface area contributed by atoms with Crippen molar-refractivity contribution in [1.82, 2.24) is 14.8 Å². The van der Waals surface area contributed by atoms with Gasteiger partial charge in [-0.3, -0.25) is 9.36 Å². The first-order chi connectivity index (χ1) is 13.4. The van der Waals surface area contributed by atoms with Crippen LogP contribution in [0.3, 0.4) is 0 Å². The van der Waals surface area contributed by atoms with Crippen molar-refractivity contribution in [3.05, 3.63) is 59.0 Å². The van der Waals surface area contributed by atoms with Gasteiger partial charge in [-0.25, -0.2) is 0 Å². The van der Waals surface area contributed by atoms with Crippen molar-refractivity contribution >= 4 is 35.0 Å². The Balaban J connectivity index is 1.74. The Morgan fingerprint density at radius 3 is 2.79 bits per heavy atom. The predicted octanol–water partition coefficient (Wildman–Crippen LogP) is 5.03. The van der Waals surface area contributed by atoms with E-state index in [0.29, 0.717) is 28.2 Å². The van der Waals surface area contributed by atoms with Crippen molar-refractivity contribution in [2.24, 2.45) is 0 Å². The van der Waals surface area contributed by atoms with E-state index in [1.165, 1.54) is 11.8 Å². The number of furan rings is 1. The Morgan fingerprint density at radius 1 is 1.36 bits per heavy atom. The first-order valence-electron chi connectivity index (χ1n) is 8.68. The van der Waals surface area contributed by atoms with Gasteiger partial charge in [-0.1, -0.05) is 35.5 Å². The number of nitrogens with one attached hydrogen (secondary N) is 1. The van der Waals surface area contributed by atoms with Crippen LogP contribution in [-0.2, 0) is 11.3 Å². The molecule has 0 fully saturated rings. The zero-order valence-corrected chi connectivity index (χ0v) is 17.5. The molecule has 1 N–H and O–H groups in total. The van der Waals surface area contributed by atoms with Crippen molar-refractivity contribution in [3.8, 4) is 11.4 Å². The molecule has 0 unspecified atom stereocenters. The first-order valence-corrected chi connectivity index (χ1v) is 10.0. The van der Waals surface area contributed by atoms with E-state index in [-0.39, 0.29) is 11.7 Å². The van der Waals surface area contributed by atoms with Gasteiger partial charge in [-0.05, 0) is 44.0 Å². The molecule has 0 saturated heterocycles. The van der Waals surface area contributed by atoms with Crippen LogP contribution in [0, 0.1) is 20.8 Å². The Morgan fingerprint density at radius 2 is 2.14 bits per heavy atom. The van der Waals surface area contributed by atoms with Gasteiger partial charge in [0.1, 0.15) is 5.76 Å². The van der Waals surface area contributed by atoms with E-state index >= 15 is 0 Å². The summed E-state index contributed by atoms with van der Waals surface area (Å²) < 4.78 is 7.28. The maximum atomic E-state index is 12.5. The van der Waals surface area contributed by atoms with Crippen LogP contribution in [0.2, 0.25) is 5.02 Å². The van der Waals surface area contributed by atoms with Gasteiger partial charge in [0, 0.05) is 6.54 Å². The molecular formula is C20H21ClN4O2S. The number of thioether (sulfide) groups is 1. The second-order valence-corrected chi connectivity index (χ2v) is 7.72. The molecule has 1 aromatic carbocycles. The molecule has 0 atom stereocenters. The normalized spacial score (nSPS) is 10.9. The SMILES string of the molecule is C=CCn1c(SCC(=O)Nc2c(C)cc(C)cc2Cl)nnc1-c1ccoc1C. The van der Waals surface area contributed by atoms with E-state index < -0.39 is 0 Å². The quantitative estimate of drug-likeness (QED) is 0.431. The summed E-state index contributed by atoms with van der Waals surface area (Å²) in [6, 6.07) is 5.66. The van der Waals surface area contributed by atoms with Crippen molar-refractivity contribution in [2.75, 3.05) is 11.1 Å². The van der Waals surface area contributed by atoms with Crippen LogP contribution in [0.1, 0.15) is 16.9 Å². The van der Waals surface area contributed by atoms with Crippen molar-refractivity contribution in [3.63, 3.8) is 0 Å². The van der Waals surface area contributed by atoms with Crippen LogP contribution >= 0.6 is 23.4 Å². The molecular weight excluding hydrogens is 396 g/mol. The molecule has 28 heavy (non-hydrogen) atoms. The molecule has 6 nitrogen and oxygen atoms in total. The lowest BCUT2D eigenvalue weighted by molar-refractivity contribution is -0.113. The van der Waals surface area contributed by atoms with Gasteiger partial charge in [0.15, 0.2) is 11.0 Å². The molecule has 0 aliphatic rings. The standard InChI is InChI=1S/C20H21ClN4O2S/c1-5-7-25-19(15-6-8-27-14(15)4)23-24-20(25)28-11-17(26)22-18-13(3)9-12(2)10-16(18)21/h5-6,8-10H,1,7,11H2,2-4H3,(H,22,26). The molecule has 3 rings (SSSR count). The molecule has 3 aromatic rings. The third kappa shape index (κ3) is 4.31. The summed E-state index contributed by atoms with van der Waals surface area (Å²) in [5.41, 5.74) is 3.48. The third-order valence-corrected chi connectivity index (χ3v) is 5.42. The lowest BCUT2D eigenvalue weighted by Gasteiger charge is -2.11. The highest BCUT2D eigenvalue weighted by molar-refractivity contribution is 7.99. The fourth-order valence-electron chi connectivity index (χ4n) is 2.88. The third-order valence-electron chi connectivity index (χ3n) is 4.16. The summed E-state index contributed by atoms with van der Waals surface area (Å²) >= 11 is 7.58. The number of carbonyl (C=O) groups is 1. The van der Waals surface area contributed by atoms with Crippen molar-refractivity contribution < 1.29 is 9.21 Å². The minimum atomic E-state index is -0.159. The van der Waals surface area contributed by atoms with Gasteiger partial charge in [0.05, 0.1) is 28.3 Å². The van der Waals surface area contributed by atoms with Gasteiger partial charge in [-0.15, -0.1) is 16.8 Å². The van der Waals surface area contributed by atoms with Gasteiger partial charge in [0.2, 0.25) is 5.91 Å². The van der Waals surface area contributed by atoms with E-state index in [4.69, 9.17) is 16.0 Å². The Kier molecular flexibility index (Phi) is 6.26. The molecule has 0 bridgehead atoms. The lowest BCUT2D eigenvalue weighted by Crippen LogP contribution is -2.16. The zero-order chi connectivity index (χ0) is 20.3. The van der Waals surface area contributed by atoms with E-state index in [2.05, 4.69) is 22.1 Å². The molecule has 146 valence electrons. The fraction of sp³-hybridized carbons (Fsp3) is 0.250. The van der Waals surface area contributed by atoms with Gasteiger partial charge < -0.3 is 9.73 Å². The average molecular weight is 417 g/mol. The number of hydrogen-bond acceptors (Lipinski definition) is 5. The highest BCUT2D eigenvalue weighted by atomic mass is 35.5. The summed E-state index contributed by atoms with van der Waals surface area (Å²) in [5, 5.41) is 12.6. The molecule has 0 radical (unpaired) electrons. The van der Waals surface area contributed by atoms with E-state index in [1.54, 1.807) is 12.3 Å². The van der Waals surface area contributed by atoms with E-state index in [0.717, 1.165) is 22.5 Å². The highest BCUT2D eigenvalue weighted by Gasteiger charge is 2.18. The van der Waals surface area contributed by atoms with E-state index in [1.807, 2.05) is 43.5 Å². The minimum absolute atomic E-state index is 0.159. The Bertz CT molecular complexity index is 1000. The zero-order valence-electron chi connectivity index (χ0n) is 16.0. The number of rotatable bonds is 7. The minimum Gasteiger partial charge on any atom is -0.469 e. The number of anilines is 1. The predicted molar refractivity (Wildman–Crippen MR) is 113 cm³/mol. The van der Waals surface area contributed by atoms with Crippen LogP contribution in [0.5, 0.6) is 0 Å². The molecule has 1 amide bonds. The number of benzene rings is 1. The highest BCUT2D eigenvalue weighted by Crippen LogP contribution is 2.29. The second-order valence-electron chi connectivity index (χ2n) is 6.37. The average Bonchev–Trinajstić information content (AvgIpc) is 3.22. The van der Waals surface area contributed by atoms with Crippen LogP contribution in [-0.4, -0.2) is 26.4 Å². The van der Waals surface area contributed by atoms with Gasteiger partial charge in [-0.2, -0.15) is 0 Å². The van der Waals surface area contributed by atoms with Gasteiger partial charge >= 0.3 is 0 Å². The monoisotopic (exact) mass is 416 g/mol. The number of nitrogens with zero attached hydrogens (tertiary/aromatic N) is 3. The number of carbonyl (C=O) groups excluding carboxylic acids is 1. The summed E-state index contributed by atoms with van der Waals surface area (Å²) in [5.74, 6) is 1.47. The molecule has 2 aromatic heterocycles. The summed E-state index contributed by atoms with van der Waals surface area (Å²) in [4.78, 5) is 12.5. The number of allylic oxidation sites excluding steroid dienone is 1. The Hall–Kier alpha value is -2.51. The topological polar surface area (TPSA) is 73.0 Å². The number of halogens is 1. The maximum Gasteiger partial charge on any atom is 0.234 e. The van der Waals surface area contributed by atoms with E-state index in [9.17, 15) is 4.79 Å². The van der Waals surface area contributed by atoms with Gasteiger partial charge in [0.25, 0.3) is 0 Å². The fourth-order valence-corrected chi connectivity index (χ4v) is 4.00. The van der Waals surface area contributed by atoms with Crippen LogP contribution < -0.4 is 5.32 Å². The van der Waals surface area contributed by atoms with Crippen LogP contribution in [0.25, 0.3) is 11.4 Å². The molecule has 0 aliphatic heterocycles. The Labute approximate surface area is 173 Å². The maximum absolute atomic E-state index is 12.5. The van der Waals surface area contributed by atoms with Crippen molar-refractivity contribution in [2.45, 2.75) is 32.5 Å². The smallest absolute Gasteiger partial charge is 0.234 e. The second kappa shape index (κ2) is 8.67. The number of aryl methyl sites for hydroxylation is 3. The van der Waals surface area contributed by atoms with Crippen LogP contribution in [0.15, 0.2) is 46.7 Å². The molecule has 0 spiro atoms. The lowest BCUT2D eigenvalue weighted by atomic mass is 10.1.